The predicted octanol–water partition coefficient (Wildman–Crippen LogP) is -0.677. The Morgan fingerprint density at radius 1 is 0.895 bits per heavy atom. The van der Waals surface area contributed by atoms with Crippen molar-refractivity contribution >= 4 is 23.9 Å². The van der Waals surface area contributed by atoms with Crippen molar-refractivity contribution in [3.05, 3.63) is 0 Å². The Labute approximate surface area is 108 Å². The van der Waals surface area contributed by atoms with Crippen molar-refractivity contribution in [1.82, 2.24) is 10.6 Å². The zero-order valence-electron chi connectivity index (χ0n) is 10.4. The molecule has 0 aromatic heterocycles. The molecule has 0 bridgehead atoms. The number of rotatable bonds is 7. The Morgan fingerprint density at radius 2 is 1.42 bits per heavy atom. The minimum Gasteiger partial charge on any atom is -0.481 e. The first-order chi connectivity index (χ1) is 8.65. The molecule has 19 heavy (non-hydrogen) atoms. The van der Waals surface area contributed by atoms with Crippen LogP contribution in [0.4, 0.5) is 4.79 Å². The largest absolute Gasteiger partial charge is 0.481 e. The maximum Gasteiger partial charge on any atom is 0.326 e. The maximum atomic E-state index is 11.3. The van der Waals surface area contributed by atoms with Gasteiger partial charge in [0.05, 0.1) is 5.92 Å². The number of carbonyl (C=O) groups is 4. The first-order valence-corrected chi connectivity index (χ1v) is 5.40. The molecule has 0 aromatic carbocycles. The Kier molecular flexibility index (Phi) is 6.31. The second-order valence-corrected chi connectivity index (χ2v) is 4.04. The summed E-state index contributed by atoms with van der Waals surface area (Å²) >= 11 is 0. The van der Waals surface area contributed by atoms with Crippen LogP contribution in [-0.4, -0.2) is 51.3 Å². The predicted molar refractivity (Wildman–Crippen MR) is 61.6 cm³/mol. The third kappa shape index (κ3) is 6.24. The molecule has 0 aliphatic rings. The summed E-state index contributed by atoms with van der Waals surface area (Å²) in [7, 11) is 0. The molecule has 5 N–H and O–H groups in total. The summed E-state index contributed by atoms with van der Waals surface area (Å²) < 4.78 is 0. The molecule has 108 valence electrons. The minimum absolute atomic E-state index is 0.306. The van der Waals surface area contributed by atoms with Crippen LogP contribution in [0.3, 0.4) is 0 Å². The Morgan fingerprint density at radius 3 is 1.79 bits per heavy atom. The summed E-state index contributed by atoms with van der Waals surface area (Å²) in [5.41, 5.74) is 0. The fourth-order valence-corrected chi connectivity index (χ4v) is 1.13. The highest BCUT2D eigenvalue weighted by Gasteiger charge is 2.26. The molecule has 0 aromatic rings. The summed E-state index contributed by atoms with van der Waals surface area (Å²) in [6, 6.07) is -3.58. The van der Waals surface area contributed by atoms with Crippen molar-refractivity contribution in [2.45, 2.75) is 32.4 Å². The van der Waals surface area contributed by atoms with Gasteiger partial charge < -0.3 is 26.0 Å². The summed E-state index contributed by atoms with van der Waals surface area (Å²) in [5.74, 6) is -4.82. The molecule has 0 spiro atoms. The van der Waals surface area contributed by atoms with E-state index in [1.807, 2.05) is 10.6 Å². The first-order valence-electron chi connectivity index (χ1n) is 5.40. The molecule has 0 fully saturated rings. The number of aliphatic carboxylic acids is 3. The Balaban J connectivity index is 4.51. The van der Waals surface area contributed by atoms with Crippen LogP contribution >= 0.6 is 0 Å². The standard InChI is InChI=1S/C10H16N2O7/c1-4(7(13)14)3-6(9(17)18)12-10(19)11-5(2)8(15)16/h4-6H,3H2,1-2H3,(H,13,14)(H,15,16)(H,17,18)(H2,11,12,19)/t4?,5-,6-/m0/s1. The van der Waals surface area contributed by atoms with Gasteiger partial charge in [-0.1, -0.05) is 6.92 Å². The molecular weight excluding hydrogens is 260 g/mol. The molecule has 2 amide bonds. The van der Waals surface area contributed by atoms with Crippen LogP contribution in [0.25, 0.3) is 0 Å². The SMILES string of the molecule is CC(C[C@H](NC(=O)N[C@@H](C)C(=O)O)C(=O)O)C(=O)O. The summed E-state index contributed by atoms with van der Waals surface area (Å²) in [6.45, 7) is 2.51. The van der Waals surface area contributed by atoms with Crippen LogP contribution < -0.4 is 10.6 Å². The van der Waals surface area contributed by atoms with E-state index in [0.29, 0.717) is 0 Å². The molecule has 9 nitrogen and oxygen atoms in total. The highest BCUT2D eigenvalue weighted by atomic mass is 16.4. The maximum absolute atomic E-state index is 11.3. The van der Waals surface area contributed by atoms with Gasteiger partial charge in [0, 0.05) is 0 Å². The van der Waals surface area contributed by atoms with Crippen molar-refractivity contribution in [2.75, 3.05) is 0 Å². The fraction of sp³-hybridized carbons (Fsp3) is 0.600. The van der Waals surface area contributed by atoms with E-state index in [9.17, 15) is 19.2 Å². The molecule has 0 rings (SSSR count). The van der Waals surface area contributed by atoms with Gasteiger partial charge >= 0.3 is 23.9 Å². The fourth-order valence-electron chi connectivity index (χ4n) is 1.13. The molecule has 0 aliphatic heterocycles. The number of hydrogen-bond donors (Lipinski definition) is 5. The smallest absolute Gasteiger partial charge is 0.326 e. The van der Waals surface area contributed by atoms with Crippen LogP contribution in [0.15, 0.2) is 0 Å². The third-order valence-corrected chi connectivity index (χ3v) is 2.33. The average molecular weight is 276 g/mol. The Bertz CT molecular complexity index is 382. The Hall–Kier alpha value is -2.32. The van der Waals surface area contributed by atoms with Gasteiger partial charge in [-0.25, -0.2) is 9.59 Å². The number of hydrogen-bond acceptors (Lipinski definition) is 4. The van der Waals surface area contributed by atoms with Gasteiger partial charge in [-0.3, -0.25) is 9.59 Å². The van der Waals surface area contributed by atoms with Gasteiger partial charge in [-0.15, -0.1) is 0 Å². The highest BCUT2D eigenvalue weighted by Crippen LogP contribution is 2.06. The topological polar surface area (TPSA) is 153 Å². The quantitative estimate of drug-likeness (QED) is 0.413. The monoisotopic (exact) mass is 276 g/mol. The van der Waals surface area contributed by atoms with Crippen LogP contribution in [0.1, 0.15) is 20.3 Å². The lowest BCUT2D eigenvalue weighted by atomic mass is 10.0. The number of nitrogens with one attached hydrogen (secondary N) is 2. The van der Waals surface area contributed by atoms with Gasteiger partial charge in [0.15, 0.2) is 0 Å². The first kappa shape index (κ1) is 16.7. The zero-order valence-corrected chi connectivity index (χ0v) is 10.4. The van der Waals surface area contributed by atoms with E-state index in [4.69, 9.17) is 15.3 Å². The molecule has 3 atom stereocenters. The lowest BCUT2D eigenvalue weighted by molar-refractivity contribution is -0.143. The highest BCUT2D eigenvalue weighted by molar-refractivity contribution is 5.86. The number of carboxylic acids is 3. The molecule has 0 saturated heterocycles. The van der Waals surface area contributed by atoms with E-state index in [0.717, 1.165) is 0 Å². The van der Waals surface area contributed by atoms with Crippen LogP contribution in [0, 0.1) is 5.92 Å². The molecule has 0 aliphatic carbocycles. The third-order valence-electron chi connectivity index (χ3n) is 2.33. The van der Waals surface area contributed by atoms with Crippen molar-refractivity contribution in [2.24, 2.45) is 5.92 Å². The number of amides is 2. The second kappa shape index (κ2) is 7.19. The van der Waals surface area contributed by atoms with Crippen LogP contribution in [0.5, 0.6) is 0 Å². The van der Waals surface area contributed by atoms with Gasteiger partial charge in [-0.2, -0.15) is 0 Å². The second-order valence-electron chi connectivity index (χ2n) is 4.04. The average Bonchev–Trinajstić information content (AvgIpc) is 2.27. The zero-order chi connectivity index (χ0) is 15.2. The van der Waals surface area contributed by atoms with Gasteiger partial charge in [-0.05, 0) is 13.3 Å². The summed E-state index contributed by atoms with van der Waals surface area (Å²) in [6.07, 6.45) is -0.306. The minimum atomic E-state index is -1.41. The molecular formula is C10H16N2O7. The molecule has 0 radical (unpaired) electrons. The molecule has 0 saturated carbocycles. The van der Waals surface area contributed by atoms with Crippen LogP contribution in [-0.2, 0) is 14.4 Å². The summed E-state index contributed by atoms with van der Waals surface area (Å²) in [5, 5.41) is 30.1. The number of urea groups is 1. The van der Waals surface area contributed by atoms with Crippen molar-refractivity contribution in [3.8, 4) is 0 Å². The van der Waals surface area contributed by atoms with Crippen molar-refractivity contribution in [3.63, 3.8) is 0 Å². The van der Waals surface area contributed by atoms with E-state index in [2.05, 4.69) is 0 Å². The normalized spacial score (nSPS) is 14.8. The lowest BCUT2D eigenvalue weighted by Gasteiger charge is -2.18. The van der Waals surface area contributed by atoms with Gasteiger partial charge in [0.1, 0.15) is 12.1 Å². The van der Waals surface area contributed by atoms with E-state index >= 15 is 0 Å². The molecule has 1 unspecified atom stereocenters. The van der Waals surface area contributed by atoms with Crippen molar-refractivity contribution in [1.29, 1.82) is 0 Å². The van der Waals surface area contributed by atoms with Crippen LogP contribution in [0.2, 0.25) is 0 Å². The van der Waals surface area contributed by atoms with Gasteiger partial charge in [0.25, 0.3) is 0 Å². The number of carbonyl (C=O) groups excluding carboxylic acids is 1. The van der Waals surface area contributed by atoms with E-state index in [1.165, 1.54) is 13.8 Å². The summed E-state index contributed by atoms with van der Waals surface area (Å²) in [4.78, 5) is 43.3. The van der Waals surface area contributed by atoms with Gasteiger partial charge in [0.2, 0.25) is 0 Å². The number of carboxylic acid groups (broad SMARTS) is 3. The van der Waals surface area contributed by atoms with E-state index < -0.39 is 41.9 Å². The molecule has 0 heterocycles. The van der Waals surface area contributed by atoms with E-state index in [1.54, 1.807) is 0 Å². The van der Waals surface area contributed by atoms with Crippen molar-refractivity contribution < 1.29 is 34.5 Å². The molecule has 9 heteroatoms. The lowest BCUT2D eigenvalue weighted by Crippen LogP contribution is -2.50. The van der Waals surface area contributed by atoms with E-state index in [-0.39, 0.29) is 6.42 Å².